The summed E-state index contributed by atoms with van der Waals surface area (Å²) in [4.78, 5) is 23.4. The Hall–Kier alpha value is -2.63. The normalized spacial score (nSPS) is 10.8. The van der Waals surface area contributed by atoms with E-state index in [1.54, 1.807) is 26.0 Å². The molecule has 0 aliphatic heterocycles. The number of aryl methyl sites for hydroxylation is 2. The molecule has 0 atom stereocenters. The number of amides is 1. The molecule has 0 saturated carbocycles. The Balaban J connectivity index is 2.27. The predicted molar refractivity (Wildman–Crippen MR) is 81.4 cm³/mol. The highest BCUT2D eigenvalue weighted by Gasteiger charge is 2.17. The highest BCUT2D eigenvalue weighted by atomic mass is 16.5. The number of rotatable bonds is 4. The SMILES string of the molecule is Cc1cc(C)c(C(=O)O)cc1NC(=O)c1cc(C(C)C)on1. The molecule has 0 aliphatic rings. The van der Waals surface area contributed by atoms with Crippen LogP contribution in [0, 0.1) is 13.8 Å². The van der Waals surface area contributed by atoms with Crippen LogP contribution in [0.1, 0.15) is 57.5 Å². The molecule has 1 aromatic carbocycles. The van der Waals surface area contributed by atoms with Crippen molar-refractivity contribution in [3.05, 3.63) is 46.3 Å². The van der Waals surface area contributed by atoms with E-state index in [1.807, 2.05) is 13.8 Å². The summed E-state index contributed by atoms with van der Waals surface area (Å²) in [7, 11) is 0. The van der Waals surface area contributed by atoms with Crippen molar-refractivity contribution in [2.45, 2.75) is 33.6 Å². The Labute approximate surface area is 128 Å². The molecule has 2 rings (SSSR count). The Morgan fingerprint density at radius 3 is 2.41 bits per heavy atom. The van der Waals surface area contributed by atoms with Gasteiger partial charge in [-0.3, -0.25) is 4.79 Å². The number of carbonyl (C=O) groups excluding carboxylic acids is 1. The third-order valence-corrected chi connectivity index (χ3v) is 3.38. The first kappa shape index (κ1) is 15.8. The summed E-state index contributed by atoms with van der Waals surface area (Å²) in [6, 6.07) is 4.76. The monoisotopic (exact) mass is 302 g/mol. The van der Waals surface area contributed by atoms with Gasteiger partial charge in [-0.1, -0.05) is 25.1 Å². The summed E-state index contributed by atoms with van der Waals surface area (Å²) in [5, 5.41) is 15.6. The van der Waals surface area contributed by atoms with Gasteiger partial charge in [0.25, 0.3) is 5.91 Å². The minimum Gasteiger partial charge on any atom is -0.478 e. The maximum Gasteiger partial charge on any atom is 0.336 e. The van der Waals surface area contributed by atoms with Crippen LogP contribution >= 0.6 is 0 Å². The number of benzene rings is 1. The van der Waals surface area contributed by atoms with Gasteiger partial charge in [-0.15, -0.1) is 0 Å². The van der Waals surface area contributed by atoms with Crippen LogP contribution in [-0.4, -0.2) is 22.1 Å². The number of carboxylic acid groups (broad SMARTS) is 1. The topological polar surface area (TPSA) is 92.4 Å². The summed E-state index contributed by atoms with van der Waals surface area (Å²) in [5.74, 6) is -0.707. The molecule has 2 aromatic rings. The molecule has 0 aliphatic carbocycles. The lowest BCUT2D eigenvalue weighted by Crippen LogP contribution is -2.14. The van der Waals surface area contributed by atoms with Gasteiger partial charge in [0.1, 0.15) is 5.76 Å². The number of hydrogen-bond acceptors (Lipinski definition) is 4. The second-order valence-electron chi connectivity index (χ2n) is 5.51. The number of aromatic carboxylic acids is 1. The van der Waals surface area contributed by atoms with Crippen LogP contribution in [0.15, 0.2) is 22.7 Å². The van der Waals surface area contributed by atoms with E-state index in [-0.39, 0.29) is 17.2 Å². The van der Waals surface area contributed by atoms with Crippen molar-refractivity contribution >= 4 is 17.6 Å². The van der Waals surface area contributed by atoms with E-state index >= 15 is 0 Å². The number of anilines is 1. The number of carboxylic acids is 1. The van der Waals surface area contributed by atoms with Crippen LogP contribution < -0.4 is 5.32 Å². The molecule has 22 heavy (non-hydrogen) atoms. The molecule has 6 heteroatoms. The fraction of sp³-hybridized carbons (Fsp3) is 0.312. The van der Waals surface area contributed by atoms with Gasteiger partial charge in [0.2, 0.25) is 0 Å². The predicted octanol–water partition coefficient (Wildman–Crippen LogP) is 3.37. The molecule has 1 aromatic heterocycles. The second kappa shape index (κ2) is 6.01. The zero-order chi connectivity index (χ0) is 16.4. The Morgan fingerprint density at radius 2 is 1.86 bits per heavy atom. The van der Waals surface area contributed by atoms with Crippen LogP contribution in [0.3, 0.4) is 0 Å². The zero-order valence-corrected chi connectivity index (χ0v) is 12.9. The van der Waals surface area contributed by atoms with Gasteiger partial charge in [-0.05, 0) is 31.0 Å². The van der Waals surface area contributed by atoms with E-state index in [0.717, 1.165) is 5.56 Å². The second-order valence-corrected chi connectivity index (χ2v) is 5.51. The van der Waals surface area contributed by atoms with Gasteiger partial charge in [-0.2, -0.15) is 0 Å². The molecular weight excluding hydrogens is 284 g/mol. The van der Waals surface area contributed by atoms with Gasteiger partial charge in [0, 0.05) is 17.7 Å². The standard InChI is InChI=1S/C16H18N2O4/c1-8(2)14-7-13(18-22-14)15(19)17-12-6-11(16(20)21)9(3)5-10(12)4/h5-8H,1-4H3,(H,17,19)(H,20,21). The van der Waals surface area contributed by atoms with Crippen LogP contribution in [0.25, 0.3) is 0 Å². The van der Waals surface area contributed by atoms with Crippen molar-refractivity contribution in [3.63, 3.8) is 0 Å². The maximum absolute atomic E-state index is 12.2. The molecule has 116 valence electrons. The van der Waals surface area contributed by atoms with Crippen LogP contribution in [0.5, 0.6) is 0 Å². The molecule has 0 spiro atoms. The average Bonchev–Trinajstić information content (AvgIpc) is 2.91. The van der Waals surface area contributed by atoms with E-state index in [0.29, 0.717) is 17.0 Å². The summed E-state index contributed by atoms with van der Waals surface area (Å²) >= 11 is 0. The number of nitrogens with zero attached hydrogens (tertiary/aromatic N) is 1. The maximum atomic E-state index is 12.2. The molecule has 2 N–H and O–H groups in total. The third-order valence-electron chi connectivity index (χ3n) is 3.38. The Morgan fingerprint density at radius 1 is 1.18 bits per heavy atom. The molecule has 6 nitrogen and oxygen atoms in total. The Bertz CT molecular complexity index is 732. The average molecular weight is 302 g/mol. The van der Waals surface area contributed by atoms with Crippen molar-refractivity contribution in [2.24, 2.45) is 0 Å². The van der Waals surface area contributed by atoms with Gasteiger partial charge in [-0.25, -0.2) is 4.79 Å². The lowest BCUT2D eigenvalue weighted by Gasteiger charge is -2.10. The molecule has 0 fully saturated rings. The molecular formula is C16H18N2O4. The van der Waals surface area contributed by atoms with Gasteiger partial charge < -0.3 is 14.9 Å². The number of nitrogens with one attached hydrogen (secondary N) is 1. The first-order chi connectivity index (χ1) is 10.3. The molecule has 1 heterocycles. The minimum atomic E-state index is -1.03. The van der Waals surface area contributed by atoms with Crippen molar-refractivity contribution in [2.75, 3.05) is 5.32 Å². The van der Waals surface area contributed by atoms with E-state index in [4.69, 9.17) is 9.63 Å². The van der Waals surface area contributed by atoms with Crippen LogP contribution in [0.4, 0.5) is 5.69 Å². The Kier molecular flexibility index (Phi) is 4.30. The van der Waals surface area contributed by atoms with E-state index in [9.17, 15) is 9.59 Å². The zero-order valence-electron chi connectivity index (χ0n) is 12.9. The molecule has 0 unspecified atom stereocenters. The number of hydrogen-bond donors (Lipinski definition) is 2. The molecule has 1 amide bonds. The van der Waals surface area contributed by atoms with Crippen molar-refractivity contribution in [1.82, 2.24) is 5.16 Å². The summed E-state index contributed by atoms with van der Waals surface area (Å²) in [6.07, 6.45) is 0. The van der Waals surface area contributed by atoms with E-state index in [2.05, 4.69) is 10.5 Å². The molecule has 0 radical (unpaired) electrons. The quantitative estimate of drug-likeness (QED) is 0.903. The number of carbonyl (C=O) groups is 2. The lowest BCUT2D eigenvalue weighted by atomic mass is 10.0. The van der Waals surface area contributed by atoms with E-state index in [1.165, 1.54) is 6.07 Å². The van der Waals surface area contributed by atoms with Crippen molar-refractivity contribution in [1.29, 1.82) is 0 Å². The molecule has 0 bridgehead atoms. The van der Waals surface area contributed by atoms with Crippen LogP contribution in [0.2, 0.25) is 0 Å². The van der Waals surface area contributed by atoms with Gasteiger partial charge in [0.05, 0.1) is 5.56 Å². The largest absolute Gasteiger partial charge is 0.478 e. The third kappa shape index (κ3) is 3.16. The first-order valence-corrected chi connectivity index (χ1v) is 6.92. The highest BCUT2D eigenvalue weighted by molar-refractivity contribution is 6.04. The minimum absolute atomic E-state index is 0.133. The van der Waals surface area contributed by atoms with Gasteiger partial charge in [0.15, 0.2) is 5.69 Å². The fourth-order valence-electron chi connectivity index (χ4n) is 2.07. The van der Waals surface area contributed by atoms with Crippen molar-refractivity contribution < 1.29 is 19.2 Å². The first-order valence-electron chi connectivity index (χ1n) is 6.92. The summed E-state index contributed by atoms with van der Waals surface area (Å²) in [5.41, 5.74) is 2.20. The van der Waals surface area contributed by atoms with Crippen molar-refractivity contribution in [3.8, 4) is 0 Å². The van der Waals surface area contributed by atoms with E-state index < -0.39 is 11.9 Å². The molecule has 0 saturated heterocycles. The fourth-order valence-corrected chi connectivity index (χ4v) is 2.07. The smallest absolute Gasteiger partial charge is 0.336 e. The van der Waals surface area contributed by atoms with Crippen LogP contribution in [-0.2, 0) is 0 Å². The lowest BCUT2D eigenvalue weighted by molar-refractivity contribution is 0.0695. The summed E-state index contributed by atoms with van der Waals surface area (Å²) < 4.78 is 5.09. The number of aromatic nitrogens is 1. The highest BCUT2D eigenvalue weighted by Crippen LogP contribution is 2.22. The van der Waals surface area contributed by atoms with Gasteiger partial charge >= 0.3 is 5.97 Å². The summed E-state index contributed by atoms with van der Waals surface area (Å²) in [6.45, 7) is 7.39.